The maximum atomic E-state index is 5.45. The molecule has 0 aliphatic heterocycles. The summed E-state index contributed by atoms with van der Waals surface area (Å²) in [5.41, 5.74) is 0. The van der Waals surface area contributed by atoms with Crippen LogP contribution in [0.5, 0.6) is 0 Å². The molecule has 0 aliphatic carbocycles. The molecule has 2 nitrogen and oxygen atoms in total. The standard InChI is InChI=1S/C10H22N2S4/c1-5-11(6-2)9(13)16(15)10(14)12(7-3)8-4/h15-16H,5-8H2,1-4H3. The number of thiol groups is 2. The third kappa shape index (κ3) is 4.39. The molecule has 0 aliphatic rings. The quantitative estimate of drug-likeness (QED) is 0.467. The van der Waals surface area contributed by atoms with Gasteiger partial charge in [-0.05, 0) is 27.7 Å². The summed E-state index contributed by atoms with van der Waals surface area (Å²) in [7, 11) is -0.796. The summed E-state index contributed by atoms with van der Waals surface area (Å²) in [4.78, 5) is 4.31. The Labute approximate surface area is 118 Å². The van der Waals surface area contributed by atoms with Crippen LogP contribution in [0.15, 0.2) is 0 Å². The highest BCUT2D eigenvalue weighted by molar-refractivity contribution is 8.93. The molecule has 0 amide bonds. The number of hydrogen-bond donors (Lipinski definition) is 2. The molecular formula is C10H22N2S4. The molecule has 0 bridgehead atoms. The van der Waals surface area contributed by atoms with Crippen LogP contribution < -0.4 is 0 Å². The van der Waals surface area contributed by atoms with Crippen molar-refractivity contribution in [2.75, 3.05) is 26.2 Å². The summed E-state index contributed by atoms with van der Waals surface area (Å²) in [5, 5.41) is 0. The predicted molar refractivity (Wildman–Crippen MR) is 89.0 cm³/mol. The van der Waals surface area contributed by atoms with Gasteiger partial charge >= 0.3 is 0 Å². The van der Waals surface area contributed by atoms with Gasteiger partial charge in [-0.2, -0.15) is 0 Å². The van der Waals surface area contributed by atoms with Crippen LogP contribution in [0, 0.1) is 0 Å². The van der Waals surface area contributed by atoms with Crippen LogP contribution in [0.4, 0.5) is 0 Å². The van der Waals surface area contributed by atoms with Gasteiger partial charge in [0, 0.05) is 26.2 Å². The average Bonchev–Trinajstić information content (AvgIpc) is 2.30. The van der Waals surface area contributed by atoms with E-state index in [2.05, 4.69) is 49.2 Å². The van der Waals surface area contributed by atoms with Crippen molar-refractivity contribution in [2.24, 2.45) is 0 Å². The summed E-state index contributed by atoms with van der Waals surface area (Å²) in [5.74, 6) is 0. The van der Waals surface area contributed by atoms with Crippen molar-refractivity contribution in [1.29, 1.82) is 0 Å². The molecule has 16 heavy (non-hydrogen) atoms. The number of rotatable bonds is 4. The van der Waals surface area contributed by atoms with Crippen LogP contribution >= 0.6 is 46.0 Å². The molecule has 0 N–H and O–H groups in total. The summed E-state index contributed by atoms with van der Waals surface area (Å²) in [6.45, 7) is 12.1. The number of thiocarbonyl (C=S) groups is 2. The van der Waals surface area contributed by atoms with Crippen molar-refractivity contribution in [1.82, 2.24) is 9.80 Å². The third-order valence-corrected chi connectivity index (χ3v) is 7.28. The van der Waals surface area contributed by atoms with Crippen LogP contribution in [-0.4, -0.2) is 44.6 Å². The summed E-state index contributed by atoms with van der Waals surface area (Å²) >= 11 is 15.5. The maximum Gasteiger partial charge on any atom is 0.131 e. The lowest BCUT2D eigenvalue weighted by Crippen LogP contribution is -2.34. The highest BCUT2D eigenvalue weighted by atomic mass is 33.1. The van der Waals surface area contributed by atoms with Gasteiger partial charge in [-0.3, -0.25) is 0 Å². The second kappa shape index (κ2) is 8.55. The predicted octanol–water partition coefficient (Wildman–Crippen LogP) is 3.09. The van der Waals surface area contributed by atoms with Crippen molar-refractivity contribution in [3.05, 3.63) is 0 Å². The molecular weight excluding hydrogens is 276 g/mol. The van der Waals surface area contributed by atoms with E-state index in [0.717, 1.165) is 34.8 Å². The minimum Gasteiger partial charge on any atom is -0.359 e. The maximum absolute atomic E-state index is 5.45. The third-order valence-electron chi connectivity index (χ3n) is 2.43. The van der Waals surface area contributed by atoms with Gasteiger partial charge in [-0.25, -0.2) is 0 Å². The molecule has 96 valence electrons. The van der Waals surface area contributed by atoms with Crippen molar-refractivity contribution >= 4 is 54.7 Å². The average molecular weight is 299 g/mol. The van der Waals surface area contributed by atoms with E-state index >= 15 is 0 Å². The van der Waals surface area contributed by atoms with Gasteiger partial charge in [0.2, 0.25) is 0 Å². The Morgan fingerprint density at radius 1 is 0.875 bits per heavy atom. The van der Waals surface area contributed by atoms with E-state index in [1.165, 1.54) is 0 Å². The Balaban J connectivity index is 4.59. The van der Waals surface area contributed by atoms with Gasteiger partial charge in [-0.15, -0.1) is 21.6 Å². The van der Waals surface area contributed by atoms with E-state index in [-0.39, 0.29) is 0 Å². The fraction of sp³-hybridized carbons (Fsp3) is 0.800. The van der Waals surface area contributed by atoms with E-state index < -0.39 is 9.93 Å². The zero-order chi connectivity index (χ0) is 12.7. The van der Waals surface area contributed by atoms with Gasteiger partial charge in [-0.1, -0.05) is 24.4 Å². The second-order valence-corrected chi connectivity index (χ2v) is 7.27. The zero-order valence-electron chi connectivity index (χ0n) is 10.4. The van der Waals surface area contributed by atoms with Crippen LogP contribution in [-0.2, 0) is 0 Å². The number of nitrogens with zero attached hydrogens (tertiary/aromatic N) is 2. The highest BCUT2D eigenvalue weighted by Crippen LogP contribution is 2.37. The van der Waals surface area contributed by atoms with Crippen molar-refractivity contribution in [2.45, 2.75) is 27.7 Å². The molecule has 0 atom stereocenters. The molecule has 0 aromatic rings. The monoisotopic (exact) mass is 298 g/mol. The number of hydrogen-bond acceptors (Lipinski definition) is 3. The molecule has 0 rings (SSSR count). The van der Waals surface area contributed by atoms with Crippen LogP contribution in [0.1, 0.15) is 27.7 Å². The smallest absolute Gasteiger partial charge is 0.131 e. The summed E-state index contributed by atoms with van der Waals surface area (Å²) in [6, 6.07) is 0. The first-order chi connectivity index (χ1) is 7.53. The van der Waals surface area contributed by atoms with E-state index in [0.29, 0.717) is 0 Å². The molecule has 0 fully saturated rings. The normalized spacial score (nSPS) is 10.9. The Morgan fingerprint density at radius 3 is 1.31 bits per heavy atom. The SMILES string of the molecule is CCN(CC)C(=S)[SH](S)C(=S)N(CC)CC. The molecule has 6 heteroatoms. The van der Waals surface area contributed by atoms with Gasteiger partial charge < -0.3 is 9.80 Å². The topological polar surface area (TPSA) is 6.48 Å². The largest absolute Gasteiger partial charge is 0.359 e. The summed E-state index contributed by atoms with van der Waals surface area (Å²) < 4.78 is 1.81. The first-order valence-corrected chi connectivity index (χ1v) is 8.91. The fourth-order valence-electron chi connectivity index (χ4n) is 1.34. The molecule has 0 radical (unpaired) electrons. The Bertz CT molecular complexity index is 213. The van der Waals surface area contributed by atoms with E-state index in [9.17, 15) is 0 Å². The van der Waals surface area contributed by atoms with E-state index in [1.807, 2.05) is 0 Å². The molecule has 0 heterocycles. The van der Waals surface area contributed by atoms with Gasteiger partial charge in [0.15, 0.2) is 0 Å². The van der Waals surface area contributed by atoms with Gasteiger partial charge in [0.25, 0.3) is 0 Å². The van der Waals surface area contributed by atoms with Crippen molar-refractivity contribution in [3.8, 4) is 0 Å². The van der Waals surface area contributed by atoms with Gasteiger partial charge in [0.1, 0.15) is 8.64 Å². The molecule has 0 unspecified atom stereocenters. The van der Waals surface area contributed by atoms with Crippen molar-refractivity contribution in [3.63, 3.8) is 0 Å². The lowest BCUT2D eigenvalue weighted by molar-refractivity contribution is 0.478. The minimum atomic E-state index is -0.796. The zero-order valence-corrected chi connectivity index (χ0v) is 13.9. The molecule has 0 spiro atoms. The van der Waals surface area contributed by atoms with Crippen LogP contribution in [0.3, 0.4) is 0 Å². The van der Waals surface area contributed by atoms with Crippen LogP contribution in [0.25, 0.3) is 0 Å². The Morgan fingerprint density at radius 2 is 1.12 bits per heavy atom. The molecule has 0 saturated carbocycles. The lowest BCUT2D eigenvalue weighted by atomic mass is 10.6. The summed E-state index contributed by atoms with van der Waals surface area (Å²) in [6.07, 6.45) is 0. The Hall–Kier alpha value is 0.480. The van der Waals surface area contributed by atoms with E-state index in [4.69, 9.17) is 24.4 Å². The fourth-order valence-corrected chi connectivity index (χ4v) is 4.57. The molecule has 0 aromatic carbocycles. The second-order valence-electron chi connectivity index (χ2n) is 3.22. The van der Waals surface area contributed by atoms with Gasteiger partial charge in [0.05, 0.1) is 0 Å². The van der Waals surface area contributed by atoms with Crippen LogP contribution in [0.2, 0.25) is 0 Å². The molecule has 0 aromatic heterocycles. The van der Waals surface area contributed by atoms with Crippen molar-refractivity contribution < 1.29 is 0 Å². The lowest BCUT2D eigenvalue weighted by Gasteiger charge is -2.32. The Kier molecular flexibility index (Phi) is 8.81. The molecule has 0 saturated heterocycles. The highest BCUT2D eigenvalue weighted by Gasteiger charge is 2.18. The van der Waals surface area contributed by atoms with E-state index in [1.54, 1.807) is 0 Å². The minimum absolute atomic E-state index is 0.796. The first-order valence-electron chi connectivity index (χ1n) is 5.60. The first kappa shape index (κ1) is 16.5.